The van der Waals surface area contributed by atoms with E-state index in [0.717, 1.165) is 17.2 Å². The summed E-state index contributed by atoms with van der Waals surface area (Å²) in [6.07, 6.45) is 1.52. The molecule has 0 aliphatic rings. The van der Waals surface area contributed by atoms with Crippen molar-refractivity contribution < 1.29 is 4.79 Å². The summed E-state index contributed by atoms with van der Waals surface area (Å²) in [6, 6.07) is 0.138. The molecule has 1 rings (SSSR count). The molecule has 0 spiro atoms. The molecule has 20 heavy (non-hydrogen) atoms. The van der Waals surface area contributed by atoms with Gasteiger partial charge in [0.1, 0.15) is 18.0 Å². The van der Waals surface area contributed by atoms with E-state index in [-0.39, 0.29) is 24.4 Å². The second kappa shape index (κ2) is 7.07. The summed E-state index contributed by atoms with van der Waals surface area (Å²) in [6.45, 7) is 8.34. The number of hydrogen-bond acceptors (Lipinski definition) is 5. The second-order valence-corrected chi connectivity index (χ2v) is 5.44. The van der Waals surface area contributed by atoms with Crippen LogP contribution in [-0.2, 0) is 4.79 Å². The Kier molecular flexibility index (Phi) is 5.73. The Bertz CT molecular complexity index is 459. The van der Waals surface area contributed by atoms with Gasteiger partial charge in [0.25, 0.3) is 0 Å². The average molecular weight is 279 g/mol. The largest absolute Gasteiger partial charge is 0.373 e. The molecule has 0 radical (unpaired) electrons. The summed E-state index contributed by atoms with van der Waals surface area (Å²) in [5, 5.41) is 5.96. The molecule has 0 atom stereocenters. The normalized spacial score (nSPS) is 10.8. The fraction of sp³-hybridized carbons (Fsp3) is 0.643. The van der Waals surface area contributed by atoms with E-state index in [9.17, 15) is 4.79 Å². The summed E-state index contributed by atoms with van der Waals surface area (Å²) >= 11 is 0. The number of nitrogens with zero attached hydrogens (tertiary/aromatic N) is 3. The second-order valence-electron chi connectivity index (χ2n) is 5.44. The molecule has 2 N–H and O–H groups in total. The molecule has 6 nitrogen and oxygen atoms in total. The number of nitrogens with one attached hydrogen (secondary N) is 2. The quantitative estimate of drug-likeness (QED) is 0.828. The van der Waals surface area contributed by atoms with Gasteiger partial charge in [-0.2, -0.15) is 0 Å². The van der Waals surface area contributed by atoms with Crippen LogP contribution in [0, 0.1) is 0 Å². The molecular formula is C14H25N5O. The summed E-state index contributed by atoms with van der Waals surface area (Å²) in [5.74, 6) is 1.85. The van der Waals surface area contributed by atoms with Crippen molar-refractivity contribution in [2.24, 2.45) is 0 Å². The van der Waals surface area contributed by atoms with Crippen molar-refractivity contribution in [3.8, 4) is 0 Å². The zero-order valence-corrected chi connectivity index (χ0v) is 13.2. The minimum absolute atomic E-state index is 0.0122. The van der Waals surface area contributed by atoms with Crippen molar-refractivity contribution in [2.75, 3.05) is 30.9 Å². The zero-order valence-electron chi connectivity index (χ0n) is 13.2. The highest BCUT2D eigenvalue weighted by Crippen LogP contribution is 2.29. The van der Waals surface area contributed by atoms with Crippen LogP contribution in [0.4, 0.5) is 11.6 Å². The minimum Gasteiger partial charge on any atom is -0.373 e. The molecule has 0 aromatic carbocycles. The first-order valence-corrected chi connectivity index (χ1v) is 6.90. The molecule has 0 fully saturated rings. The predicted octanol–water partition coefficient (Wildman–Crippen LogP) is 1.60. The van der Waals surface area contributed by atoms with E-state index in [0.29, 0.717) is 0 Å². The van der Waals surface area contributed by atoms with Gasteiger partial charge in [-0.15, -0.1) is 0 Å². The molecule has 1 aromatic rings. The molecule has 0 aliphatic heterocycles. The van der Waals surface area contributed by atoms with Crippen LogP contribution >= 0.6 is 0 Å². The van der Waals surface area contributed by atoms with Gasteiger partial charge in [-0.05, 0) is 19.8 Å². The lowest BCUT2D eigenvalue weighted by Gasteiger charge is -2.24. The predicted molar refractivity (Wildman–Crippen MR) is 82.2 cm³/mol. The molecule has 0 saturated heterocycles. The maximum atomic E-state index is 11.9. The number of hydrogen-bond donors (Lipinski definition) is 2. The summed E-state index contributed by atoms with van der Waals surface area (Å²) in [5.41, 5.74) is 1.02. The van der Waals surface area contributed by atoms with Gasteiger partial charge in [0, 0.05) is 25.7 Å². The molecule has 0 aliphatic carbocycles. The lowest BCUT2D eigenvalue weighted by Crippen LogP contribution is -2.39. The van der Waals surface area contributed by atoms with Crippen molar-refractivity contribution in [2.45, 2.75) is 39.7 Å². The fourth-order valence-electron chi connectivity index (χ4n) is 2.08. The monoisotopic (exact) mass is 279 g/mol. The number of rotatable bonds is 6. The van der Waals surface area contributed by atoms with Crippen molar-refractivity contribution in [3.63, 3.8) is 0 Å². The van der Waals surface area contributed by atoms with E-state index in [1.807, 2.05) is 32.8 Å². The smallest absolute Gasteiger partial charge is 0.239 e. The molecular weight excluding hydrogens is 254 g/mol. The van der Waals surface area contributed by atoms with Crippen molar-refractivity contribution in [1.29, 1.82) is 0 Å². The lowest BCUT2D eigenvalue weighted by atomic mass is 10.0. The van der Waals surface area contributed by atoms with E-state index in [2.05, 4.69) is 34.4 Å². The van der Waals surface area contributed by atoms with Gasteiger partial charge in [-0.25, -0.2) is 9.97 Å². The molecule has 0 unspecified atom stereocenters. The van der Waals surface area contributed by atoms with Crippen LogP contribution in [0.25, 0.3) is 0 Å². The number of carbonyl (C=O) groups excluding carboxylic acids is 1. The number of carbonyl (C=O) groups is 1. The van der Waals surface area contributed by atoms with Crippen molar-refractivity contribution in [3.05, 3.63) is 11.9 Å². The van der Waals surface area contributed by atoms with Crippen molar-refractivity contribution >= 4 is 17.5 Å². The molecule has 112 valence electrons. The number of aromatic nitrogens is 2. The Morgan fingerprint density at radius 1 is 1.30 bits per heavy atom. The third kappa shape index (κ3) is 4.08. The van der Waals surface area contributed by atoms with Crippen LogP contribution in [0.15, 0.2) is 6.33 Å². The number of anilines is 2. The lowest BCUT2D eigenvalue weighted by molar-refractivity contribution is -0.120. The standard InChI is InChI=1S/C14H25N5O/c1-9(2)12-13(15-5)16-8-17-14(12)19(6)7-11(20)18-10(3)4/h8-10H,7H2,1-6H3,(H,18,20)(H,15,16,17). The maximum Gasteiger partial charge on any atom is 0.239 e. The van der Waals surface area contributed by atoms with Gasteiger partial charge in [0.2, 0.25) is 5.91 Å². The Morgan fingerprint density at radius 3 is 2.45 bits per heavy atom. The van der Waals surface area contributed by atoms with E-state index >= 15 is 0 Å². The van der Waals surface area contributed by atoms with Gasteiger partial charge in [-0.3, -0.25) is 4.79 Å². The van der Waals surface area contributed by atoms with Gasteiger partial charge in [0.05, 0.1) is 6.54 Å². The Balaban J connectivity index is 2.98. The Hall–Kier alpha value is -1.85. The van der Waals surface area contributed by atoms with Gasteiger partial charge < -0.3 is 15.5 Å². The molecule has 0 bridgehead atoms. The Labute approximate surface area is 121 Å². The molecule has 6 heteroatoms. The molecule has 1 aromatic heterocycles. The summed E-state index contributed by atoms with van der Waals surface area (Å²) in [7, 11) is 3.71. The molecule has 1 amide bonds. The van der Waals surface area contributed by atoms with E-state index in [1.54, 1.807) is 0 Å². The first-order chi connectivity index (χ1) is 9.36. The average Bonchev–Trinajstić information content (AvgIpc) is 2.36. The van der Waals surface area contributed by atoms with Gasteiger partial charge >= 0.3 is 0 Å². The highest BCUT2D eigenvalue weighted by molar-refractivity contribution is 5.81. The number of likely N-dealkylation sites (N-methyl/N-ethyl adjacent to an activating group) is 1. The minimum atomic E-state index is -0.0122. The fourth-order valence-corrected chi connectivity index (χ4v) is 2.08. The van der Waals surface area contributed by atoms with E-state index < -0.39 is 0 Å². The van der Waals surface area contributed by atoms with E-state index in [4.69, 9.17) is 0 Å². The molecule has 0 saturated carbocycles. The van der Waals surface area contributed by atoms with E-state index in [1.165, 1.54) is 6.33 Å². The topological polar surface area (TPSA) is 70.2 Å². The van der Waals surface area contributed by atoms with Crippen LogP contribution in [0.5, 0.6) is 0 Å². The van der Waals surface area contributed by atoms with Crippen LogP contribution in [0.3, 0.4) is 0 Å². The number of amides is 1. The highest BCUT2D eigenvalue weighted by Gasteiger charge is 2.18. The highest BCUT2D eigenvalue weighted by atomic mass is 16.2. The zero-order chi connectivity index (χ0) is 15.3. The maximum absolute atomic E-state index is 11.9. The van der Waals surface area contributed by atoms with Gasteiger partial charge in [-0.1, -0.05) is 13.8 Å². The van der Waals surface area contributed by atoms with Gasteiger partial charge in [0.15, 0.2) is 0 Å². The SMILES string of the molecule is CNc1ncnc(N(C)CC(=O)NC(C)C)c1C(C)C. The first-order valence-electron chi connectivity index (χ1n) is 6.90. The van der Waals surface area contributed by atoms with Crippen LogP contribution < -0.4 is 15.5 Å². The Morgan fingerprint density at radius 2 is 1.95 bits per heavy atom. The summed E-state index contributed by atoms with van der Waals surface area (Å²) in [4.78, 5) is 22.3. The summed E-state index contributed by atoms with van der Waals surface area (Å²) < 4.78 is 0. The first kappa shape index (κ1) is 16.2. The van der Waals surface area contributed by atoms with Crippen LogP contribution in [0.1, 0.15) is 39.2 Å². The van der Waals surface area contributed by atoms with Crippen molar-refractivity contribution in [1.82, 2.24) is 15.3 Å². The van der Waals surface area contributed by atoms with Crippen LogP contribution in [-0.4, -0.2) is 42.6 Å². The third-order valence-corrected chi connectivity index (χ3v) is 2.87. The third-order valence-electron chi connectivity index (χ3n) is 2.87. The van der Waals surface area contributed by atoms with Crippen LogP contribution in [0.2, 0.25) is 0 Å². The molecule has 1 heterocycles.